The van der Waals surface area contributed by atoms with Crippen LogP contribution in [0.15, 0.2) is 60.8 Å². The highest BCUT2D eigenvalue weighted by atomic mass is 19.4. The van der Waals surface area contributed by atoms with E-state index < -0.39 is 12.3 Å². The number of rotatable bonds is 10. The van der Waals surface area contributed by atoms with E-state index in [4.69, 9.17) is 19.9 Å². The number of hydrogen-bond donors (Lipinski definition) is 2. The summed E-state index contributed by atoms with van der Waals surface area (Å²) in [5, 5.41) is 7.82. The van der Waals surface area contributed by atoms with Crippen LogP contribution in [0.25, 0.3) is 16.8 Å². The van der Waals surface area contributed by atoms with Gasteiger partial charge in [-0.05, 0) is 107 Å². The lowest BCUT2D eigenvalue weighted by Crippen LogP contribution is -2.41. The molecule has 2 aliphatic heterocycles. The van der Waals surface area contributed by atoms with E-state index >= 15 is 0 Å². The SMILES string of the molecule is Cc1ccn(-c2cc(-c3ccc(OC(C)C)cc3)ccc2[C@@H](Oc2cc(N3CCC4(CC3)CNC(C(=O)OC3CCCC3)C4)nc(N)n2)C(F)(F)F)n1. The quantitative estimate of drug-likeness (QED) is 0.163. The number of benzene rings is 2. The second-order valence-corrected chi connectivity index (χ2v) is 14.8. The predicted octanol–water partition coefficient (Wildman–Crippen LogP) is 7.12. The number of nitrogen functional groups attached to an aromatic ring is 1. The van der Waals surface area contributed by atoms with Gasteiger partial charge in [-0.1, -0.05) is 24.3 Å². The van der Waals surface area contributed by atoms with Gasteiger partial charge in [0.25, 0.3) is 0 Å². The maximum Gasteiger partial charge on any atom is 0.429 e. The molecule has 0 amide bonds. The first-order chi connectivity index (χ1) is 25.3. The van der Waals surface area contributed by atoms with Crippen molar-refractivity contribution in [3.8, 4) is 28.4 Å². The third kappa shape index (κ3) is 8.37. The van der Waals surface area contributed by atoms with Crippen LogP contribution in [0, 0.1) is 12.3 Å². The molecule has 7 rings (SSSR count). The van der Waals surface area contributed by atoms with Gasteiger partial charge in [0.15, 0.2) is 0 Å². The largest absolute Gasteiger partial charge is 0.491 e. The molecular weight excluding hydrogens is 687 g/mol. The van der Waals surface area contributed by atoms with Crippen LogP contribution >= 0.6 is 0 Å². The highest BCUT2D eigenvalue weighted by Gasteiger charge is 2.46. The lowest BCUT2D eigenvalue weighted by atomic mass is 9.76. The molecule has 3 aliphatic rings. The number of alkyl halides is 3. The van der Waals surface area contributed by atoms with Crippen LogP contribution in [0.5, 0.6) is 11.6 Å². The fourth-order valence-electron chi connectivity index (χ4n) is 7.70. The number of carbonyl (C=O) groups is 1. The molecule has 1 aliphatic carbocycles. The highest BCUT2D eigenvalue weighted by Crippen LogP contribution is 2.43. The van der Waals surface area contributed by atoms with Crippen molar-refractivity contribution >= 4 is 17.7 Å². The first kappa shape index (κ1) is 36.5. The number of nitrogens with one attached hydrogen (secondary N) is 1. The molecule has 53 heavy (non-hydrogen) atoms. The van der Waals surface area contributed by atoms with Crippen molar-refractivity contribution in [2.24, 2.45) is 5.41 Å². The Kier molecular flexibility index (Phi) is 10.2. The van der Waals surface area contributed by atoms with Crippen molar-refractivity contribution in [2.75, 3.05) is 30.3 Å². The fraction of sp³-hybridized carbons (Fsp3) is 0.487. The maximum absolute atomic E-state index is 15.0. The molecule has 1 saturated carbocycles. The highest BCUT2D eigenvalue weighted by molar-refractivity contribution is 5.76. The van der Waals surface area contributed by atoms with E-state index in [2.05, 4.69) is 20.4 Å². The summed E-state index contributed by atoms with van der Waals surface area (Å²) in [6, 6.07) is 14.9. The van der Waals surface area contributed by atoms with Crippen molar-refractivity contribution in [2.45, 2.75) is 96.2 Å². The molecule has 3 fully saturated rings. The molecule has 2 aromatic carbocycles. The van der Waals surface area contributed by atoms with Crippen LogP contribution in [-0.4, -0.2) is 69.8 Å². The Morgan fingerprint density at radius 3 is 2.36 bits per heavy atom. The van der Waals surface area contributed by atoms with Crippen LogP contribution in [0.2, 0.25) is 0 Å². The van der Waals surface area contributed by atoms with Crippen molar-refractivity contribution in [1.29, 1.82) is 0 Å². The smallest absolute Gasteiger partial charge is 0.429 e. The zero-order chi connectivity index (χ0) is 37.3. The number of aromatic nitrogens is 4. The Balaban J connectivity index is 1.10. The molecular formula is C39H46F3N7O4. The number of carbonyl (C=O) groups excluding carboxylic acids is 1. The lowest BCUT2D eigenvalue weighted by Gasteiger charge is -2.39. The Labute approximate surface area is 307 Å². The van der Waals surface area contributed by atoms with Gasteiger partial charge in [0.1, 0.15) is 23.7 Å². The van der Waals surface area contributed by atoms with Crippen LogP contribution in [-0.2, 0) is 9.53 Å². The minimum absolute atomic E-state index is 0.00408. The van der Waals surface area contributed by atoms with Crippen molar-refractivity contribution in [3.05, 3.63) is 72.1 Å². The van der Waals surface area contributed by atoms with E-state index in [1.165, 1.54) is 16.8 Å². The molecule has 2 atom stereocenters. The third-order valence-corrected chi connectivity index (χ3v) is 10.5. The second kappa shape index (κ2) is 14.9. The number of ether oxygens (including phenoxy) is 3. The molecule has 2 aromatic heterocycles. The number of nitrogens with two attached hydrogens (primary N) is 1. The Bertz CT molecular complexity index is 1900. The number of halogens is 3. The number of nitrogens with zero attached hydrogens (tertiary/aromatic N) is 5. The van der Waals surface area contributed by atoms with Crippen LogP contribution in [0.1, 0.15) is 76.2 Å². The minimum atomic E-state index is -4.82. The average Bonchev–Trinajstić information content (AvgIpc) is 3.89. The summed E-state index contributed by atoms with van der Waals surface area (Å²) < 4.78 is 63.7. The summed E-state index contributed by atoms with van der Waals surface area (Å²) in [6.45, 7) is 7.51. The second-order valence-electron chi connectivity index (χ2n) is 14.8. The normalized spacial score (nSPS) is 19.5. The number of hydrogen-bond acceptors (Lipinski definition) is 10. The van der Waals surface area contributed by atoms with E-state index in [0.29, 0.717) is 48.9 Å². The molecule has 4 aromatic rings. The molecule has 3 N–H and O–H groups in total. The van der Waals surface area contributed by atoms with Gasteiger partial charge in [0.2, 0.25) is 17.9 Å². The number of esters is 1. The number of piperidine rings is 1. The van der Waals surface area contributed by atoms with Gasteiger partial charge in [-0.25, -0.2) is 4.68 Å². The Hall–Kier alpha value is -4.85. The molecule has 1 unspecified atom stereocenters. The Morgan fingerprint density at radius 1 is 0.981 bits per heavy atom. The minimum Gasteiger partial charge on any atom is -0.491 e. The van der Waals surface area contributed by atoms with E-state index in [1.807, 2.05) is 43.0 Å². The van der Waals surface area contributed by atoms with Gasteiger partial charge in [-0.3, -0.25) is 4.79 Å². The summed E-state index contributed by atoms with van der Waals surface area (Å²) >= 11 is 0. The van der Waals surface area contributed by atoms with Gasteiger partial charge in [0, 0.05) is 37.5 Å². The molecule has 2 saturated heterocycles. The number of aryl methyl sites for hydroxylation is 1. The number of anilines is 2. The van der Waals surface area contributed by atoms with Crippen LogP contribution in [0.3, 0.4) is 0 Å². The first-order valence-corrected chi connectivity index (χ1v) is 18.3. The van der Waals surface area contributed by atoms with Crippen molar-refractivity contribution in [1.82, 2.24) is 25.1 Å². The fourth-order valence-corrected chi connectivity index (χ4v) is 7.70. The monoisotopic (exact) mass is 733 g/mol. The molecule has 11 nitrogen and oxygen atoms in total. The topological polar surface area (TPSA) is 130 Å². The third-order valence-electron chi connectivity index (χ3n) is 10.5. The van der Waals surface area contributed by atoms with E-state index in [0.717, 1.165) is 44.1 Å². The zero-order valence-corrected chi connectivity index (χ0v) is 30.2. The van der Waals surface area contributed by atoms with Crippen molar-refractivity contribution in [3.63, 3.8) is 0 Å². The van der Waals surface area contributed by atoms with Crippen molar-refractivity contribution < 1.29 is 32.2 Å². The standard InChI is InChI=1S/C39H46F3N7O4/c1-24(2)51-29-11-8-26(9-12-29)27-10-13-30(32(20-27)49-17-14-25(3)47-49)35(39(40,41)42)53-34-21-33(45-37(43)46-34)48-18-15-38(16-19-48)22-31(44-23-38)36(50)52-28-6-4-5-7-28/h8-14,17,20-21,24,28,31,35,44H,4-7,15-16,18-19,22-23H2,1-3H3,(H2,43,45,46)/t31?,35-/m1/s1. The average molecular weight is 734 g/mol. The molecule has 282 valence electrons. The predicted molar refractivity (Wildman–Crippen MR) is 194 cm³/mol. The van der Waals surface area contributed by atoms with Gasteiger partial charge < -0.3 is 30.2 Å². The van der Waals surface area contributed by atoms with Gasteiger partial charge in [0.05, 0.1) is 17.5 Å². The molecule has 4 heterocycles. The van der Waals surface area contributed by atoms with Gasteiger partial charge in [-0.15, -0.1) is 0 Å². The van der Waals surface area contributed by atoms with E-state index in [9.17, 15) is 18.0 Å². The summed E-state index contributed by atoms with van der Waals surface area (Å²) in [5.41, 5.74) is 8.20. The molecule has 0 bridgehead atoms. The summed E-state index contributed by atoms with van der Waals surface area (Å²) in [7, 11) is 0. The van der Waals surface area contributed by atoms with Crippen LogP contribution < -0.4 is 25.4 Å². The van der Waals surface area contributed by atoms with Gasteiger partial charge >= 0.3 is 12.1 Å². The van der Waals surface area contributed by atoms with E-state index in [-0.39, 0.29) is 52.7 Å². The zero-order valence-electron chi connectivity index (χ0n) is 30.2. The molecule has 0 radical (unpaired) electrons. The first-order valence-electron chi connectivity index (χ1n) is 18.3. The molecule has 1 spiro atoms. The van der Waals surface area contributed by atoms with Gasteiger partial charge in [-0.2, -0.15) is 28.2 Å². The molecule has 14 heteroatoms. The Morgan fingerprint density at radius 2 is 1.70 bits per heavy atom. The summed E-state index contributed by atoms with van der Waals surface area (Å²) in [4.78, 5) is 23.3. The van der Waals surface area contributed by atoms with E-state index in [1.54, 1.807) is 31.3 Å². The maximum atomic E-state index is 15.0. The van der Waals surface area contributed by atoms with Crippen LogP contribution in [0.4, 0.5) is 24.9 Å². The lowest BCUT2D eigenvalue weighted by molar-refractivity contribution is -0.198. The summed E-state index contributed by atoms with van der Waals surface area (Å²) in [6.07, 6.45) is 0.702. The summed E-state index contributed by atoms with van der Waals surface area (Å²) in [5.74, 6) is 0.419.